The molecule has 1 unspecified atom stereocenters. The Morgan fingerprint density at radius 1 is 1.38 bits per heavy atom. The van der Waals surface area contributed by atoms with Crippen molar-refractivity contribution >= 4 is 5.91 Å². The monoisotopic (exact) mass is 226 g/mol. The van der Waals surface area contributed by atoms with Crippen molar-refractivity contribution in [3.05, 3.63) is 0 Å². The van der Waals surface area contributed by atoms with Crippen molar-refractivity contribution in [1.82, 2.24) is 10.2 Å². The molecule has 16 heavy (non-hydrogen) atoms. The van der Waals surface area contributed by atoms with Crippen LogP contribution in [-0.2, 0) is 4.79 Å². The molecule has 3 nitrogen and oxygen atoms in total. The molecule has 0 bridgehead atoms. The van der Waals surface area contributed by atoms with Crippen LogP contribution in [0.2, 0.25) is 0 Å². The average Bonchev–Trinajstić information content (AvgIpc) is 3.03. The molecule has 0 aromatic rings. The van der Waals surface area contributed by atoms with E-state index in [1.807, 2.05) is 18.7 Å². The van der Waals surface area contributed by atoms with Crippen LogP contribution in [0.4, 0.5) is 0 Å². The van der Waals surface area contributed by atoms with E-state index in [1.165, 1.54) is 19.3 Å². The van der Waals surface area contributed by atoms with Crippen LogP contribution in [0.3, 0.4) is 0 Å². The van der Waals surface area contributed by atoms with Crippen molar-refractivity contribution in [3.8, 4) is 0 Å². The van der Waals surface area contributed by atoms with Gasteiger partial charge < -0.3 is 10.2 Å². The van der Waals surface area contributed by atoms with Crippen molar-refractivity contribution in [2.45, 2.75) is 52.5 Å². The van der Waals surface area contributed by atoms with Gasteiger partial charge in [0, 0.05) is 25.6 Å². The molecule has 1 saturated carbocycles. The Kier molecular flexibility index (Phi) is 5.81. The van der Waals surface area contributed by atoms with E-state index in [-0.39, 0.29) is 5.91 Å². The Morgan fingerprint density at radius 3 is 2.50 bits per heavy atom. The number of hydrogen-bond donors (Lipinski definition) is 1. The average molecular weight is 226 g/mol. The summed E-state index contributed by atoms with van der Waals surface area (Å²) in [5, 5.41) is 3.44. The molecule has 3 heteroatoms. The summed E-state index contributed by atoms with van der Waals surface area (Å²) in [4.78, 5) is 13.7. The second-order valence-corrected chi connectivity index (χ2v) is 4.86. The van der Waals surface area contributed by atoms with Gasteiger partial charge in [-0.2, -0.15) is 0 Å². The Labute approximate surface area is 99.6 Å². The van der Waals surface area contributed by atoms with Crippen molar-refractivity contribution in [1.29, 1.82) is 0 Å². The minimum absolute atomic E-state index is 0.274. The normalized spacial score (nSPS) is 17.2. The molecule has 0 aromatic heterocycles. The van der Waals surface area contributed by atoms with E-state index in [0.29, 0.717) is 12.5 Å². The molecule has 94 valence electrons. The fourth-order valence-corrected chi connectivity index (χ4v) is 1.98. The summed E-state index contributed by atoms with van der Waals surface area (Å²) in [6.45, 7) is 8.89. The van der Waals surface area contributed by atoms with Gasteiger partial charge in [-0.25, -0.2) is 0 Å². The topological polar surface area (TPSA) is 32.3 Å². The van der Waals surface area contributed by atoms with Gasteiger partial charge >= 0.3 is 0 Å². The second kappa shape index (κ2) is 6.89. The molecule has 1 aliphatic rings. The highest BCUT2D eigenvalue weighted by Crippen LogP contribution is 2.31. The first kappa shape index (κ1) is 13.5. The highest BCUT2D eigenvalue weighted by molar-refractivity contribution is 5.76. The SMILES string of the molecule is CCN(CC)C(=O)CC(C)NCCC1CC1. The summed E-state index contributed by atoms with van der Waals surface area (Å²) in [6, 6.07) is 0.312. The summed E-state index contributed by atoms with van der Waals surface area (Å²) in [7, 11) is 0. The van der Waals surface area contributed by atoms with Crippen LogP contribution in [0, 0.1) is 5.92 Å². The smallest absolute Gasteiger partial charge is 0.224 e. The van der Waals surface area contributed by atoms with Crippen LogP contribution in [-0.4, -0.2) is 36.5 Å². The van der Waals surface area contributed by atoms with Gasteiger partial charge in [-0.05, 0) is 39.7 Å². The third-order valence-electron chi connectivity index (χ3n) is 3.34. The third-order valence-corrected chi connectivity index (χ3v) is 3.34. The molecule has 0 saturated heterocycles. The molecule has 1 atom stereocenters. The van der Waals surface area contributed by atoms with Gasteiger partial charge in [0.25, 0.3) is 0 Å². The van der Waals surface area contributed by atoms with E-state index in [2.05, 4.69) is 12.2 Å². The predicted octanol–water partition coefficient (Wildman–Crippen LogP) is 2.02. The van der Waals surface area contributed by atoms with E-state index >= 15 is 0 Å². The number of nitrogens with one attached hydrogen (secondary N) is 1. The van der Waals surface area contributed by atoms with Gasteiger partial charge in [0.1, 0.15) is 0 Å². The van der Waals surface area contributed by atoms with Crippen molar-refractivity contribution in [2.24, 2.45) is 5.92 Å². The molecule has 1 N–H and O–H groups in total. The van der Waals surface area contributed by atoms with Crippen LogP contribution in [0.5, 0.6) is 0 Å². The molecule has 1 amide bonds. The first-order chi connectivity index (χ1) is 7.67. The number of carbonyl (C=O) groups is 1. The van der Waals surface area contributed by atoms with E-state index in [1.54, 1.807) is 0 Å². The molecule has 1 fully saturated rings. The lowest BCUT2D eigenvalue weighted by Gasteiger charge is -2.21. The van der Waals surface area contributed by atoms with E-state index < -0.39 is 0 Å². The first-order valence-corrected chi connectivity index (χ1v) is 6.68. The van der Waals surface area contributed by atoms with Crippen LogP contribution < -0.4 is 5.32 Å². The van der Waals surface area contributed by atoms with Crippen molar-refractivity contribution in [2.75, 3.05) is 19.6 Å². The summed E-state index contributed by atoms with van der Waals surface area (Å²) in [5.74, 6) is 1.25. The van der Waals surface area contributed by atoms with E-state index in [0.717, 1.165) is 25.6 Å². The predicted molar refractivity (Wildman–Crippen MR) is 67.4 cm³/mol. The number of rotatable bonds is 8. The highest BCUT2D eigenvalue weighted by Gasteiger charge is 2.21. The zero-order valence-electron chi connectivity index (χ0n) is 11.0. The van der Waals surface area contributed by atoms with Gasteiger partial charge in [0.15, 0.2) is 0 Å². The molecular formula is C13H26N2O. The minimum atomic E-state index is 0.274. The number of amides is 1. The van der Waals surface area contributed by atoms with Crippen molar-refractivity contribution < 1.29 is 4.79 Å². The van der Waals surface area contributed by atoms with Crippen molar-refractivity contribution in [3.63, 3.8) is 0 Å². The Balaban J connectivity index is 2.10. The number of hydrogen-bond acceptors (Lipinski definition) is 2. The fraction of sp³-hybridized carbons (Fsp3) is 0.923. The zero-order chi connectivity index (χ0) is 12.0. The van der Waals surface area contributed by atoms with Gasteiger partial charge in [-0.1, -0.05) is 12.8 Å². The number of carbonyl (C=O) groups excluding carboxylic acids is 1. The van der Waals surface area contributed by atoms with Gasteiger partial charge in [0.2, 0.25) is 5.91 Å². The highest BCUT2D eigenvalue weighted by atomic mass is 16.2. The van der Waals surface area contributed by atoms with E-state index in [4.69, 9.17) is 0 Å². The lowest BCUT2D eigenvalue weighted by Crippen LogP contribution is -2.37. The maximum Gasteiger partial charge on any atom is 0.224 e. The lowest BCUT2D eigenvalue weighted by molar-refractivity contribution is -0.131. The molecule has 1 rings (SSSR count). The summed E-state index contributed by atoms with van der Waals surface area (Å²) >= 11 is 0. The molecule has 0 heterocycles. The van der Waals surface area contributed by atoms with Gasteiger partial charge in [-0.3, -0.25) is 4.79 Å². The third kappa shape index (κ3) is 4.97. The Morgan fingerprint density at radius 2 is 2.00 bits per heavy atom. The molecule has 0 aromatic carbocycles. The maximum absolute atomic E-state index is 11.8. The molecule has 0 aliphatic heterocycles. The standard InChI is InChI=1S/C13H26N2O/c1-4-15(5-2)13(16)10-11(3)14-9-8-12-6-7-12/h11-12,14H,4-10H2,1-3H3. The van der Waals surface area contributed by atoms with Gasteiger partial charge in [0.05, 0.1) is 0 Å². The summed E-state index contributed by atoms with van der Waals surface area (Å²) in [5.41, 5.74) is 0. The maximum atomic E-state index is 11.8. The van der Waals surface area contributed by atoms with Crippen LogP contribution in [0.1, 0.15) is 46.5 Å². The Bertz CT molecular complexity index is 210. The Hall–Kier alpha value is -0.570. The van der Waals surface area contributed by atoms with Crippen LogP contribution in [0.15, 0.2) is 0 Å². The second-order valence-electron chi connectivity index (χ2n) is 4.86. The molecule has 0 radical (unpaired) electrons. The first-order valence-electron chi connectivity index (χ1n) is 6.68. The van der Waals surface area contributed by atoms with Crippen LogP contribution in [0.25, 0.3) is 0 Å². The quantitative estimate of drug-likeness (QED) is 0.687. The number of nitrogens with zero attached hydrogens (tertiary/aromatic N) is 1. The molecule has 0 spiro atoms. The largest absolute Gasteiger partial charge is 0.343 e. The lowest BCUT2D eigenvalue weighted by atomic mass is 10.2. The van der Waals surface area contributed by atoms with E-state index in [9.17, 15) is 4.79 Å². The molecular weight excluding hydrogens is 200 g/mol. The van der Waals surface area contributed by atoms with Gasteiger partial charge in [-0.15, -0.1) is 0 Å². The minimum Gasteiger partial charge on any atom is -0.343 e. The summed E-state index contributed by atoms with van der Waals surface area (Å²) < 4.78 is 0. The fourth-order valence-electron chi connectivity index (χ4n) is 1.98. The zero-order valence-corrected chi connectivity index (χ0v) is 11.0. The van der Waals surface area contributed by atoms with Crippen LogP contribution >= 0.6 is 0 Å². The molecule has 1 aliphatic carbocycles. The summed E-state index contributed by atoms with van der Waals surface area (Å²) in [6.07, 6.45) is 4.74.